The molecular formula is C18H23N3O2S. The Hall–Kier alpha value is -1.79. The number of carbonyl (C=O) groups is 1. The summed E-state index contributed by atoms with van der Waals surface area (Å²) in [5.74, 6) is 1.59. The molecule has 128 valence electrons. The van der Waals surface area contributed by atoms with Crippen molar-refractivity contribution in [1.82, 2.24) is 15.8 Å². The Balaban J connectivity index is 1.69. The minimum absolute atomic E-state index is 0.00515. The standard InChI is InChI=1S/C18H23N3O2S/c1-12-16(13(2)23-21-12)11-24-17-8-4-3-7-15(17)18(22)20-14-6-5-9-19-10-14/h3-4,7-8,14,19H,5-6,9-11H2,1-2H3,(H,20,22)/t14-/m0/s1. The normalized spacial score (nSPS) is 17.7. The predicted molar refractivity (Wildman–Crippen MR) is 95.3 cm³/mol. The molecule has 2 heterocycles. The number of rotatable bonds is 5. The second-order valence-corrected chi connectivity index (χ2v) is 7.12. The summed E-state index contributed by atoms with van der Waals surface area (Å²) in [7, 11) is 0. The highest BCUT2D eigenvalue weighted by Gasteiger charge is 2.19. The van der Waals surface area contributed by atoms with Crippen LogP contribution in [-0.4, -0.2) is 30.2 Å². The van der Waals surface area contributed by atoms with Crippen LogP contribution in [0.25, 0.3) is 0 Å². The number of carbonyl (C=O) groups excluding carboxylic acids is 1. The molecule has 2 N–H and O–H groups in total. The van der Waals surface area contributed by atoms with Crippen molar-refractivity contribution < 1.29 is 9.32 Å². The lowest BCUT2D eigenvalue weighted by Crippen LogP contribution is -2.45. The Labute approximate surface area is 146 Å². The van der Waals surface area contributed by atoms with E-state index < -0.39 is 0 Å². The minimum Gasteiger partial charge on any atom is -0.361 e. The molecule has 24 heavy (non-hydrogen) atoms. The van der Waals surface area contributed by atoms with Gasteiger partial charge in [0.2, 0.25) is 0 Å². The van der Waals surface area contributed by atoms with Gasteiger partial charge in [0.25, 0.3) is 5.91 Å². The first kappa shape index (κ1) is 17.0. The topological polar surface area (TPSA) is 67.2 Å². The second-order valence-electron chi connectivity index (χ2n) is 6.10. The Morgan fingerprint density at radius 1 is 1.42 bits per heavy atom. The third-order valence-electron chi connectivity index (χ3n) is 4.32. The number of hydrogen-bond acceptors (Lipinski definition) is 5. The molecule has 0 aliphatic carbocycles. The van der Waals surface area contributed by atoms with Crippen molar-refractivity contribution in [3.8, 4) is 0 Å². The number of amides is 1. The number of nitrogens with zero attached hydrogens (tertiary/aromatic N) is 1. The highest BCUT2D eigenvalue weighted by atomic mass is 32.2. The molecule has 0 bridgehead atoms. The molecule has 0 radical (unpaired) electrons. The van der Waals surface area contributed by atoms with Crippen LogP contribution >= 0.6 is 11.8 Å². The van der Waals surface area contributed by atoms with Gasteiger partial charge in [-0.05, 0) is 45.4 Å². The van der Waals surface area contributed by atoms with Gasteiger partial charge in [-0.3, -0.25) is 4.79 Å². The van der Waals surface area contributed by atoms with Crippen LogP contribution in [0.4, 0.5) is 0 Å². The van der Waals surface area contributed by atoms with Crippen LogP contribution < -0.4 is 10.6 Å². The van der Waals surface area contributed by atoms with E-state index in [9.17, 15) is 4.79 Å². The smallest absolute Gasteiger partial charge is 0.252 e. The van der Waals surface area contributed by atoms with Crippen LogP contribution in [0.3, 0.4) is 0 Å². The van der Waals surface area contributed by atoms with Crippen molar-refractivity contribution in [1.29, 1.82) is 0 Å². The fourth-order valence-corrected chi connectivity index (χ4v) is 4.08. The van der Waals surface area contributed by atoms with E-state index >= 15 is 0 Å². The number of hydrogen-bond donors (Lipinski definition) is 2. The lowest BCUT2D eigenvalue weighted by Gasteiger charge is -2.24. The number of nitrogens with one attached hydrogen (secondary N) is 2. The molecule has 0 spiro atoms. The van der Waals surface area contributed by atoms with Gasteiger partial charge in [-0.25, -0.2) is 0 Å². The molecule has 1 aliphatic rings. The number of benzene rings is 1. The summed E-state index contributed by atoms with van der Waals surface area (Å²) in [5.41, 5.74) is 2.75. The summed E-state index contributed by atoms with van der Waals surface area (Å²) in [6.07, 6.45) is 2.14. The monoisotopic (exact) mass is 345 g/mol. The lowest BCUT2D eigenvalue weighted by atomic mass is 10.1. The van der Waals surface area contributed by atoms with E-state index in [2.05, 4.69) is 15.8 Å². The minimum atomic E-state index is 0.00515. The van der Waals surface area contributed by atoms with E-state index in [4.69, 9.17) is 4.52 Å². The Morgan fingerprint density at radius 2 is 2.25 bits per heavy atom. The maximum Gasteiger partial charge on any atom is 0.252 e. The van der Waals surface area contributed by atoms with Crippen LogP contribution in [0.2, 0.25) is 0 Å². The molecule has 1 amide bonds. The zero-order chi connectivity index (χ0) is 16.9. The van der Waals surface area contributed by atoms with Crippen LogP contribution in [-0.2, 0) is 5.75 Å². The number of aromatic nitrogens is 1. The third-order valence-corrected chi connectivity index (χ3v) is 5.42. The van der Waals surface area contributed by atoms with Gasteiger partial charge in [0.1, 0.15) is 5.76 Å². The maximum atomic E-state index is 12.6. The number of thioether (sulfide) groups is 1. The lowest BCUT2D eigenvalue weighted by molar-refractivity contribution is 0.0927. The van der Waals surface area contributed by atoms with Crippen molar-refractivity contribution in [2.45, 2.75) is 43.4 Å². The SMILES string of the molecule is Cc1noc(C)c1CSc1ccccc1C(=O)N[C@H]1CCCNC1. The molecule has 1 fully saturated rings. The molecule has 1 aliphatic heterocycles. The van der Waals surface area contributed by atoms with Gasteiger partial charge >= 0.3 is 0 Å². The van der Waals surface area contributed by atoms with Crippen molar-refractivity contribution in [2.75, 3.05) is 13.1 Å². The van der Waals surface area contributed by atoms with Crippen LogP contribution in [0.1, 0.15) is 40.2 Å². The van der Waals surface area contributed by atoms with Crippen molar-refractivity contribution in [3.05, 3.63) is 46.8 Å². The quantitative estimate of drug-likeness (QED) is 0.815. The predicted octanol–water partition coefficient (Wildman–Crippen LogP) is 3.07. The molecule has 1 aromatic carbocycles. The third kappa shape index (κ3) is 3.99. The number of aryl methyl sites for hydroxylation is 2. The molecule has 5 nitrogen and oxygen atoms in total. The van der Waals surface area contributed by atoms with E-state index in [1.807, 2.05) is 38.1 Å². The Bertz CT molecular complexity index is 689. The summed E-state index contributed by atoms with van der Waals surface area (Å²) in [6, 6.07) is 7.98. The zero-order valence-electron chi connectivity index (χ0n) is 14.1. The molecule has 6 heteroatoms. The van der Waals surface area contributed by atoms with Gasteiger partial charge < -0.3 is 15.2 Å². The van der Waals surface area contributed by atoms with Crippen LogP contribution in [0, 0.1) is 13.8 Å². The highest BCUT2D eigenvalue weighted by Crippen LogP contribution is 2.28. The van der Waals surface area contributed by atoms with Crippen molar-refractivity contribution >= 4 is 17.7 Å². The van der Waals surface area contributed by atoms with Crippen molar-refractivity contribution in [2.24, 2.45) is 0 Å². The van der Waals surface area contributed by atoms with E-state index in [1.165, 1.54) is 0 Å². The van der Waals surface area contributed by atoms with Gasteiger partial charge in [-0.2, -0.15) is 0 Å². The van der Waals surface area contributed by atoms with E-state index in [-0.39, 0.29) is 11.9 Å². The largest absolute Gasteiger partial charge is 0.361 e. The van der Waals surface area contributed by atoms with Crippen LogP contribution in [0.5, 0.6) is 0 Å². The molecule has 0 saturated carbocycles. The van der Waals surface area contributed by atoms with Crippen LogP contribution in [0.15, 0.2) is 33.7 Å². The Kier molecular flexibility index (Phi) is 5.58. The molecule has 2 aromatic rings. The maximum absolute atomic E-state index is 12.6. The molecule has 1 aromatic heterocycles. The summed E-state index contributed by atoms with van der Waals surface area (Å²) < 4.78 is 5.21. The summed E-state index contributed by atoms with van der Waals surface area (Å²) >= 11 is 1.65. The number of piperidine rings is 1. The van der Waals surface area contributed by atoms with Crippen molar-refractivity contribution in [3.63, 3.8) is 0 Å². The molecule has 0 unspecified atom stereocenters. The van der Waals surface area contributed by atoms with Gasteiger partial charge in [-0.15, -0.1) is 11.8 Å². The first-order chi connectivity index (χ1) is 11.6. The van der Waals surface area contributed by atoms with E-state index in [0.717, 1.165) is 59.2 Å². The summed E-state index contributed by atoms with van der Waals surface area (Å²) in [6.45, 7) is 5.75. The average molecular weight is 345 g/mol. The molecular weight excluding hydrogens is 322 g/mol. The van der Waals surface area contributed by atoms with E-state index in [1.54, 1.807) is 11.8 Å². The van der Waals surface area contributed by atoms with E-state index in [0.29, 0.717) is 0 Å². The summed E-state index contributed by atoms with van der Waals surface area (Å²) in [5, 5.41) is 10.5. The van der Waals surface area contributed by atoms with Gasteiger partial charge in [0, 0.05) is 28.8 Å². The Morgan fingerprint density at radius 3 is 2.96 bits per heavy atom. The molecule has 1 saturated heterocycles. The fourth-order valence-electron chi connectivity index (χ4n) is 2.88. The van der Waals surface area contributed by atoms with Gasteiger partial charge in [0.15, 0.2) is 0 Å². The summed E-state index contributed by atoms with van der Waals surface area (Å²) in [4.78, 5) is 13.6. The average Bonchev–Trinajstić information content (AvgIpc) is 2.92. The second kappa shape index (κ2) is 7.85. The fraction of sp³-hybridized carbons (Fsp3) is 0.444. The highest BCUT2D eigenvalue weighted by molar-refractivity contribution is 7.98. The first-order valence-electron chi connectivity index (χ1n) is 8.30. The zero-order valence-corrected chi connectivity index (χ0v) is 14.9. The van der Waals surface area contributed by atoms with Gasteiger partial charge in [0.05, 0.1) is 11.3 Å². The molecule has 3 rings (SSSR count). The molecule has 1 atom stereocenters. The van der Waals surface area contributed by atoms with Gasteiger partial charge in [-0.1, -0.05) is 17.3 Å². The first-order valence-corrected chi connectivity index (χ1v) is 9.29.